The lowest BCUT2D eigenvalue weighted by molar-refractivity contribution is -0.155. The van der Waals surface area contributed by atoms with Gasteiger partial charge in [0, 0.05) is 5.69 Å². The SMILES string of the molecule is COc1ccc(N2C(=O)[C@H]([C@@H](C)F)[C@H]2[C@H]2COC(C)(C)O2)cc1. The van der Waals surface area contributed by atoms with Crippen LogP contribution in [0.5, 0.6) is 5.75 Å². The topological polar surface area (TPSA) is 48.0 Å². The number of methoxy groups -OCH3 is 1. The summed E-state index contributed by atoms with van der Waals surface area (Å²) < 4.78 is 30.5. The molecule has 6 heteroatoms. The Hall–Kier alpha value is -1.66. The van der Waals surface area contributed by atoms with Crippen molar-refractivity contribution in [2.24, 2.45) is 5.92 Å². The Morgan fingerprint density at radius 2 is 2.00 bits per heavy atom. The van der Waals surface area contributed by atoms with Crippen LogP contribution in [0.2, 0.25) is 0 Å². The van der Waals surface area contributed by atoms with E-state index in [1.165, 1.54) is 6.92 Å². The molecule has 23 heavy (non-hydrogen) atoms. The number of halogens is 1. The normalized spacial score (nSPS) is 30.9. The van der Waals surface area contributed by atoms with Crippen molar-refractivity contribution in [2.45, 2.75) is 44.9 Å². The highest BCUT2D eigenvalue weighted by molar-refractivity contribution is 6.03. The molecule has 0 N–H and O–H groups in total. The van der Waals surface area contributed by atoms with E-state index in [1.807, 2.05) is 13.8 Å². The molecular formula is C17H22FNO4. The molecule has 3 rings (SSSR count). The second-order valence-corrected chi connectivity index (χ2v) is 6.47. The predicted molar refractivity (Wildman–Crippen MR) is 83.2 cm³/mol. The fourth-order valence-electron chi connectivity index (χ4n) is 3.32. The summed E-state index contributed by atoms with van der Waals surface area (Å²) >= 11 is 0. The van der Waals surface area contributed by atoms with E-state index in [4.69, 9.17) is 14.2 Å². The third-order valence-corrected chi connectivity index (χ3v) is 4.45. The number of rotatable bonds is 4. The zero-order valence-corrected chi connectivity index (χ0v) is 13.8. The molecule has 0 radical (unpaired) electrons. The molecule has 0 spiro atoms. The second kappa shape index (κ2) is 5.76. The van der Waals surface area contributed by atoms with Crippen LogP contribution in [0, 0.1) is 5.92 Å². The first-order chi connectivity index (χ1) is 10.8. The summed E-state index contributed by atoms with van der Waals surface area (Å²) in [4.78, 5) is 14.1. The maximum atomic E-state index is 13.9. The molecule has 1 aromatic carbocycles. The van der Waals surface area contributed by atoms with E-state index in [1.54, 1.807) is 36.3 Å². The van der Waals surface area contributed by atoms with Crippen LogP contribution in [0.4, 0.5) is 10.1 Å². The highest BCUT2D eigenvalue weighted by atomic mass is 19.1. The fraction of sp³-hybridized carbons (Fsp3) is 0.588. The van der Waals surface area contributed by atoms with Gasteiger partial charge in [0.1, 0.15) is 18.0 Å². The number of benzene rings is 1. The number of hydrogen-bond donors (Lipinski definition) is 0. The Morgan fingerprint density at radius 1 is 1.35 bits per heavy atom. The minimum absolute atomic E-state index is 0.219. The lowest BCUT2D eigenvalue weighted by Crippen LogP contribution is -2.68. The molecule has 0 bridgehead atoms. The third-order valence-electron chi connectivity index (χ3n) is 4.45. The van der Waals surface area contributed by atoms with Crippen LogP contribution in [0.3, 0.4) is 0 Å². The number of alkyl halides is 1. The van der Waals surface area contributed by atoms with Crippen molar-refractivity contribution in [2.75, 3.05) is 18.6 Å². The van der Waals surface area contributed by atoms with Crippen molar-refractivity contribution in [3.8, 4) is 5.75 Å². The zero-order valence-electron chi connectivity index (χ0n) is 13.8. The van der Waals surface area contributed by atoms with E-state index in [9.17, 15) is 9.18 Å². The summed E-state index contributed by atoms with van der Waals surface area (Å²) in [6, 6.07) is 6.79. The van der Waals surface area contributed by atoms with Crippen LogP contribution in [0.25, 0.3) is 0 Å². The van der Waals surface area contributed by atoms with E-state index in [0.29, 0.717) is 18.0 Å². The van der Waals surface area contributed by atoms with Crippen molar-refractivity contribution in [3.63, 3.8) is 0 Å². The monoisotopic (exact) mass is 323 g/mol. The van der Waals surface area contributed by atoms with Crippen molar-refractivity contribution in [1.82, 2.24) is 0 Å². The molecule has 5 nitrogen and oxygen atoms in total. The smallest absolute Gasteiger partial charge is 0.235 e. The Bertz CT molecular complexity index is 587. The molecule has 1 amide bonds. The van der Waals surface area contributed by atoms with Gasteiger partial charge in [-0.1, -0.05) is 0 Å². The first-order valence-corrected chi connectivity index (χ1v) is 7.77. The highest BCUT2D eigenvalue weighted by Gasteiger charge is 2.57. The molecular weight excluding hydrogens is 301 g/mol. The van der Waals surface area contributed by atoms with Crippen LogP contribution < -0.4 is 9.64 Å². The van der Waals surface area contributed by atoms with Gasteiger partial charge in [0.15, 0.2) is 5.79 Å². The van der Waals surface area contributed by atoms with Gasteiger partial charge in [0.2, 0.25) is 5.91 Å². The summed E-state index contributed by atoms with van der Waals surface area (Å²) in [5.74, 6) is -0.919. The van der Waals surface area contributed by atoms with Gasteiger partial charge >= 0.3 is 0 Å². The number of carbonyl (C=O) groups is 1. The van der Waals surface area contributed by atoms with E-state index >= 15 is 0 Å². The zero-order chi connectivity index (χ0) is 16.8. The van der Waals surface area contributed by atoms with Crippen LogP contribution in [-0.4, -0.2) is 43.7 Å². The number of nitrogens with zero attached hydrogens (tertiary/aromatic N) is 1. The number of ether oxygens (including phenoxy) is 3. The van der Waals surface area contributed by atoms with Gasteiger partial charge in [-0.25, -0.2) is 4.39 Å². The quantitative estimate of drug-likeness (QED) is 0.799. The molecule has 1 aromatic rings. The van der Waals surface area contributed by atoms with E-state index in [-0.39, 0.29) is 18.1 Å². The fourth-order valence-corrected chi connectivity index (χ4v) is 3.32. The van der Waals surface area contributed by atoms with Gasteiger partial charge in [-0.3, -0.25) is 4.79 Å². The Morgan fingerprint density at radius 3 is 2.48 bits per heavy atom. The van der Waals surface area contributed by atoms with Gasteiger partial charge in [-0.15, -0.1) is 0 Å². The van der Waals surface area contributed by atoms with Crippen molar-refractivity contribution in [3.05, 3.63) is 24.3 Å². The Labute approximate surface area is 135 Å². The van der Waals surface area contributed by atoms with Crippen LogP contribution in [0.1, 0.15) is 20.8 Å². The lowest BCUT2D eigenvalue weighted by atomic mass is 9.80. The molecule has 2 fully saturated rings. The van der Waals surface area contributed by atoms with Crippen LogP contribution in [0.15, 0.2) is 24.3 Å². The molecule has 0 aromatic heterocycles. The molecule has 2 aliphatic rings. The summed E-state index contributed by atoms with van der Waals surface area (Å²) in [7, 11) is 1.58. The van der Waals surface area contributed by atoms with Crippen molar-refractivity contribution >= 4 is 11.6 Å². The van der Waals surface area contributed by atoms with Gasteiger partial charge in [-0.2, -0.15) is 0 Å². The van der Waals surface area contributed by atoms with Gasteiger partial charge in [0.25, 0.3) is 0 Å². The number of β-lactam (4-membered cyclic amide) rings is 1. The molecule has 2 saturated heterocycles. The van der Waals surface area contributed by atoms with Crippen molar-refractivity contribution < 1.29 is 23.4 Å². The number of anilines is 1. The van der Waals surface area contributed by atoms with Gasteiger partial charge < -0.3 is 19.1 Å². The van der Waals surface area contributed by atoms with E-state index < -0.39 is 17.9 Å². The van der Waals surface area contributed by atoms with Crippen LogP contribution >= 0.6 is 0 Å². The average Bonchev–Trinajstić information content (AvgIpc) is 2.84. The second-order valence-electron chi connectivity index (χ2n) is 6.47. The van der Waals surface area contributed by atoms with Gasteiger partial charge in [0.05, 0.1) is 25.7 Å². The van der Waals surface area contributed by atoms with Crippen molar-refractivity contribution in [1.29, 1.82) is 0 Å². The molecule has 0 saturated carbocycles. The molecule has 0 unspecified atom stereocenters. The lowest BCUT2D eigenvalue weighted by Gasteiger charge is -2.49. The third kappa shape index (κ3) is 2.81. The molecule has 126 valence electrons. The van der Waals surface area contributed by atoms with Gasteiger partial charge in [-0.05, 0) is 45.0 Å². The maximum Gasteiger partial charge on any atom is 0.235 e. The average molecular weight is 323 g/mol. The van der Waals surface area contributed by atoms with Crippen LogP contribution in [-0.2, 0) is 14.3 Å². The summed E-state index contributed by atoms with van der Waals surface area (Å²) in [6.07, 6.45) is -1.57. The molecule has 2 heterocycles. The minimum atomic E-state index is -1.23. The summed E-state index contributed by atoms with van der Waals surface area (Å²) in [5, 5.41) is 0. The first-order valence-electron chi connectivity index (χ1n) is 7.77. The Kier molecular flexibility index (Phi) is 4.06. The first kappa shape index (κ1) is 16.2. The van der Waals surface area contributed by atoms with E-state index in [0.717, 1.165) is 0 Å². The number of carbonyl (C=O) groups excluding carboxylic acids is 1. The standard InChI is InChI=1S/C17H22FNO4/c1-10(18)14-15(13-9-22-17(2,3)23-13)19(16(14)20)11-5-7-12(21-4)8-6-11/h5-8,10,13-15H,9H2,1-4H3/t10-,13-,14-,15-/m1/s1. The summed E-state index contributed by atoms with van der Waals surface area (Å²) in [5.41, 5.74) is 0.714. The largest absolute Gasteiger partial charge is 0.497 e. The Balaban J connectivity index is 1.86. The number of amides is 1. The predicted octanol–water partition coefficient (Wildman–Crippen LogP) is 2.54. The molecule has 4 atom stereocenters. The number of hydrogen-bond acceptors (Lipinski definition) is 4. The van der Waals surface area contributed by atoms with E-state index in [2.05, 4.69) is 0 Å². The molecule has 0 aliphatic carbocycles. The highest BCUT2D eigenvalue weighted by Crippen LogP contribution is 2.41. The summed E-state index contributed by atoms with van der Waals surface area (Å²) in [6.45, 7) is 5.40. The molecule has 2 aliphatic heterocycles. The maximum absolute atomic E-state index is 13.9. The minimum Gasteiger partial charge on any atom is -0.497 e.